The molecular formula is C5H10ClN3. The number of nitrogens with two attached hydrogens (primary N) is 1. The van der Waals surface area contributed by atoms with E-state index in [1.54, 1.807) is 10.9 Å². The van der Waals surface area contributed by atoms with Crippen LogP contribution in [-0.2, 0) is 13.6 Å². The first kappa shape index (κ1) is 8.46. The van der Waals surface area contributed by atoms with Crippen LogP contribution in [0.3, 0.4) is 0 Å². The van der Waals surface area contributed by atoms with Gasteiger partial charge in [0.25, 0.3) is 0 Å². The molecule has 0 radical (unpaired) electrons. The van der Waals surface area contributed by atoms with E-state index in [2.05, 4.69) is 5.10 Å². The van der Waals surface area contributed by atoms with Crippen molar-refractivity contribution in [3.63, 3.8) is 0 Å². The summed E-state index contributed by atoms with van der Waals surface area (Å²) in [7, 11) is 1.87. The van der Waals surface area contributed by atoms with Crippen molar-refractivity contribution in [1.29, 1.82) is 0 Å². The van der Waals surface area contributed by atoms with Gasteiger partial charge in [0, 0.05) is 25.4 Å². The van der Waals surface area contributed by atoms with Gasteiger partial charge in [-0.15, -0.1) is 12.4 Å². The maximum Gasteiger partial charge on any atom is 0.0534 e. The minimum atomic E-state index is 0. The van der Waals surface area contributed by atoms with Gasteiger partial charge in [-0.2, -0.15) is 5.10 Å². The van der Waals surface area contributed by atoms with E-state index in [4.69, 9.17) is 5.73 Å². The van der Waals surface area contributed by atoms with Crippen LogP contribution in [0, 0.1) is 0 Å². The monoisotopic (exact) mass is 147 g/mol. The number of aromatic nitrogens is 2. The Morgan fingerprint density at radius 3 is 2.67 bits per heavy atom. The molecule has 52 valence electrons. The van der Waals surface area contributed by atoms with E-state index in [0.29, 0.717) is 6.54 Å². The van der Waals surface area contributed by atoms with Crippen LogP contribution in [0.5, 0.6) is 0 Å². The fourth-order valence-electron chi connectivity index (χ4n) is 0.577. The van der Waals surface area contributed by atoms with Gasteiger partial charge in [-0.25, -0.2) is 0 Å². The molecule has 1 rings (SSSR count). The average Bonchev–Trinajstić information content (AvgIpc) is 2.14. The van der Waals surface area contributed by atoms with E-state index in [0.717, 1.165) is 5.56 Å². The van der Waals surface area contributed by atoms with E-state index in [1.165, 1.54) is 0 Å². The van der Waals surface area contributed by atoms with Gasteiger partial charge in [-0.05, 0) is 0 Å². The highest BCUT2D eigenvalue weighted by molar-refractivity contribution is 5.85. The molecule has 1 heterocycles. The second kappa shape index (κ2) is 3.48. The smallest absolute Gasteiger partial charge is 0.0534 e. The fraction of sp³-hybridized carbons (Fsp3) is 0.400. The molecule has 0 bridgehead atoms. The first-order valence-corrected chi connectivity index (χ1v) is 2.50. The minimum absolute atomic E-state index is 0. The van der Waals surface area contributed by atoms with Crippen LogP contribution in [0.25, 0.3) is 0 Å². The number of halogens is 1. The summed E-state index contributed by atoms with van der Waals surface area (Å²) in [4.78, 5) is 0. The Morgan fingerprint density at radius 1 is 1.78 bits per heavy atom. The molecule has 0 unspecified atom stereocenters. The summed E-state index contributed by atoms with van der Waals surface area (Å²) in [6.07, 6.45) is 3.67. The van der Waals surface area contributed by atoms with Crippen molar-refractivity contribution >= 4 is 12.4 Å². The molecule has 1 aromatic rings. The Bertz CT molecular complexity index is 172. The quantitative estimate of drug-likeness (QED) is 0.621. The summed E-state index contributed by atoms with van der Waals surface area (Å²) in [5.74, 6) is 0. The molecule has 1 aromatic heterocycles. The van der Waals surface area contributed by atoms with Crippen molar-refractivity contribution in [1.82, 2.24) is 9.78 Å². The molecule has 0 aliphatic heterocycles. The molecule has 0 aliphatic carbocycles. The van der Waals surface area contributed by atoms with Crippen LogP contribution < -0.4 is 5.73 Å². The van der Waals surface area contributed by atoms with Crippen LogP contribution in [0.4, 0.5) is 0 Å². The highest BCUT2D eigenvalue weighted by Crippen LogP contribution is 1.91. The lowest BCUT2D eigenvalue weighted by atomic mass is 10.4. The predicted molar refractivity (Wildman–Crippen MR) is 38.3 cm³/mol. The van der Waals surface area contributed by atoms with Crippen LogP contribution >= 0.6 is 12.4 Å². The number of nitrogens with zero attached hydrogens (tertiary/aromatic N) is 2. The number of aryl methyl sites for hydroxylation is 1. The van der Waals surface area contributed by atoms with Gasteiger partial charge in [0.05, 0.1) is 6.20 Å². The van der Waals surface area contributed by atoms with Gasteiger partial charge in [0.2, 0.25) is 0 Å². The van der Waals surface area contributed by atoms with Crippen molar-refractivity contribution in [2.24, 2.45) is 12.8 Å². The summed E-state index contributed by atoms with van der Waals surface area (Å²) in [5.41, 5.74) is 6.39. The zero-order valence-corrected chi connectivity index (χ0v) is 6.06. The molecular weight excluding hydrogens is 138 g/mol. The van der Waals surface area contributed by atoms with E-state index >= 15 is 0 Å². The van der Waals surface area contributed by atoms with E-state index in [1.807, 2.05) is 13.2 Å². The van der Waals surface area contributed by atoms with E-state index < -0.39 is 0 Å². The lowest BCUT2D eigenvalue weighted by Gasteiger charge is -1.82. The summed E-state index contributed by atoms with van der Waals surface area (Å²) in [6, 6.07) is 0. The fourth-order valence-corrected chi connectivity index (χ4v) is 0.577. The Morgan fingerprint density at radius 2 is 2.44 bits per heavy atom. The molecule has 0 atom stereocenters. The standard InChI is InChI=1S/C5H9N3.ClH/c1-8-4-5(2-6)3-7-8;/h3-4H,2,6H2,1H3;1H. The maximum absolute atomic E-state index is 5.31. The molecule has 0 spiro atoms. The first-order chi connectivity index (χ1) is 3.83. The third kappa shape index (κ3) is 2.03. The second-order valence-electron chi connectivity index (χ2n) is 1.73. The maximum atomic E-state index is 5.31. The Balaban J connectivity index is 0.000000640. The molecule has 3 nitrogen and oxygen atoms in total. The number of hydrogen-bond acceptors (Lipinski definition) is 2. The van der Waals surface area contributed by atoms with Crippen LogP contribution in [-0.4, -0.2) is 9.78 Å². The highest BCUT2D eigenvalue weighted by atomic mass is 35.5. The molecule has 0 aromatic carbocycles. The Kier molecular flexibility index (Phi) is 3.27. The van der Waals surface area contributed by atoms with Gasteiger partial charge in [0.1, 0.15) is 0 Å². The molecule has 9 heavy (non-hydrogen) atoms. The summed E-state index contributed by atoms with van der Waals surface area (Å²) >= 11 is 0. The predicted octanol–water partition coefficient (Wildman–Crippen LogP) is 0.301. The zero-order valence-electron chi connectivity index (χ0n) is 5.24. The van der Waals surface area contributed by atoms with E-state index in [9.17, 15) is 0 Å². The lowest BCUT2D eigenvalue weighted by molar-refractivity contribution is 0.767. The first-order valence-electron chi connectivity index (χ1n) is 2.50. The SMILES string of the molecule is Cl.Cn1cc(CN)cn1. The van der Waals surface area contributed by atoms with Crippen molar-refractivity contribution in [3.8, 4) is 0 Å². The minimum Gasteiger partial charge on any atom is -0.326 e. The van der Waals surface area contributed by atoms with Gasteiger partial charge >= 0.3 is 0 Å². The average molecular weight is 148 g/mol. The van der Waals surface area contributed by atoms with E-state index in [-0.39, 0.29) is 12.4 Å². The topological polar surface area (TPSA) is 43.8 Å². The Hall–Kier alpha value is -0.540. The molecule has 0 fully saturated rings. The lowest BCUT2D eigenvalue weighted by Crippen LogP contribution is -1.93. The normalized spacial score (nSPS) is 8.67. The second-order valence-corrected chi connectivity index (χ2v) is 1.73. The van der Waals surface area contributed by atoms with Crippen molar-refractivity contribution < 1.29 is 0 Å². The molecule has 0 aliphatic rings. The van der Waals surface area contributed by atoms with Crippen LogP contribution in [0.15, 0.2) is 12.4 Å². The van der Waals surface area contributed by atoms with Crippen molar-refractivity contribution in [3.05, 3.63) is 18.0 Å². The molecule has 2 N–H and O–H groups in total. The third-order valence-corrected chi connectivity index (χ3v) is 0.994. The van der Waals surface area contributed by atoms with Gasteiger partial charge in [0.15, 0.2) is 0 Å². The van der Waals surface area contributed by atoms with Crippen LogP contribution in [0.1, 0.15) is 5.56 Å². The Labute approximate surface area is 60.3 Å². The third-order valence-electron chi connectivity index (χ3n) is 0.994. The summed E-state index contributed by atoms with van der Waals surface area (Å²) in [6.45, 7) is 0.577. The number of rotatable bonds is 1. The van der Waals surface area contributed by atoms with Crippen LogP contribution in [0.2, 0.25) is 0 Å². The number of hydrogen-bond donors (Lipinski definition) is 1. The molecule has 0 saturated heterocycles. The molecule has 0 saturated carbocycles. The van der Waals surface area contributed by atoms with Crippen molar-refractivity contribution in [2.45, 2.75) is 6.54 Å². The molecule has 4 heteroatoms. The van der Waals surface area contributed by atoms with Gasteiger partial charge in [-0.1, -0.05) is 0 Å². The highest BCUT2D eigenvalue weighted by Gasteiger charge is 1.88. The van der Waals surface area contributed by atoms with Gasteiger partial charge < -0.3 is 5.73 Å². The molecule has 0 amide bonds. The summed E-state index contributed by atoms with van der Waals surface area (Å²) in [5, 5.41) is 3.92. The zero-order chi connectivity index (χ0) is 5.98. The van der Waals surface area contributed by atoms with Gasteiger partial charge in [-0.3, -0.25) is 4.68 Å². The largest absolute Gasteiger partial charge is 0.326 e. The van der Waals surface area contributed by atoms with Crippen molar-refractivity contribution in [2.75, 3.05) is 0 Å². The summed E-state index contributed by atoms with van der Waals surface area (Å²) < 4.78 is 1.74.